The van der Waals surface area contributed by atoms with Crippen molar-refractivity contribution in [2.45, 2.75) is 18.5 Å². The molecule has 0 aliphatic carbocycles. The smallest absolute Gasteiger partial charge is 0.342 e. The van der Waals surface area contributed by atoms with E-state index in [1.54, 1.807) is 12.1 Å². The van der Waals surface area contributed by atoms with Crippen LogP contribution in [0.25, 0.3) is 17.4 Å². The van der Waals surface area contributed by atoms with E-state index in [9.17, 15) is 20.0 Å². The number of nitro benzene ring substituents is 1. The van der Waals surface area contributed by atoms with Gasteiger partial charge in [0.25, 0.3) is 5.69 Å². The maximum atomic E-state index is 11.6. The number of hydrogen-bond donors (Lipinski definition) is 2. The average Bonchev–Trinajstić information content (AvgIpc) is 3.31. The van der Waals surface area contributed by atoms with E-state index in [4.69, 9.17) is 27.6 Å². The van der Waals surface area contributed by atoms with E-state index in [0.717, 1.165) is 17.8 Å². The second kappa shape index (κ2) is 8.68. The van der Waals surface area contributed by atoms with Crippen molar-refractivity contribution < 1.29 is 19.2 Å². The van der Waals surface area contributed by atoms with E-state index in [1.165, 1.54) is 12.1 Å². The number of carbonyl (C=O) groups is 1. The van der Waals surface area contributed by atoms with Gasteiger partial charge in [-0.1, -0.05) is 30.1 Å². The van der Waals surface area contributed by atoms with E-state index >= 15 is 0 Å². The largest absolute Gasteiger partial charge is 0.477 e. The molecule has 12 heteroatoms. The molecule has 29 heavy (non-hydrogen) atoms. The van der Waals surface area contributed by atoms with Gasteiger partial charge in [0.2, 0.25) is 5.16 Å². The number of carboxylic acid groups (broad SMARTS) is 1. The Labute approximate surface area is 177 Å². The highest BCUT2D eigenvalue weighted by atomic mass is 35.5. The second-order valence-corrected chi connectivity index (χ2v) is 7.40. The average molecular weight is 455 g/mol. The lowest BCUT2D eigenvalue weighted by atomic mass is 10.1. The number of halogens is 2. The summed E-state index contributed by atoms with van der Waals surface area (Å²) in [6.07, 6.45) is 1.96. The molecular weight excluding hydrogens is 443 g/mol. The van der Waals surface area contributed by atoms with E-state index in [1.807, 2.05) is 6.92 Å². The zero-order chi connectivity index (χ0) is 21.1. The standard InChI is InChI=1S/C17H12Cl2N4O5S/c1-2-15-20-17(22-21-15)29-14(16(24)25)5-8-3-4-13(28-8)9-6-11(19)12(23(26)27)7-10(9)18/h3-7H,2H2,1H3,(H,24,25)(H,20,21,22)/b14-5-. The van der Waals surface area contributed by atoms with Crippen LogP contribution in [0, 0.1) is 10.1 Å². The number of aryl methyl sites for hydroxylation is 1. The maximum Gasteiger partial charge on any atom is 0.342 e. The molecule has 2 heterocycles. The fourth-order valence-corrected chi connectivity index (χ4v) is 3.47. The molecule has 0 atom stereocenters. The quantitative estimate of drug-likeness (QED) is 0.218. The molecule has 0 fully saturated rings. The van der Waals surface area contributed by atoms with Crippen LogP contribution in [0.1, 0.15) is 18.5 Å². The molecule has 9 nitrogen and oxygen atoms in total. The van der Waals surface area contributed by atoms with Crippen LogP contribution < -0.4 is 0 Å². The molecule has 0 radical (unpaired) electrons. The number of aromatic nitrogens is 3. The molecule has 3 aromatic rings. The molecule has 0 saturated heterocycles. The van der Waals surface area contributed by atoms with Gasteiger partial charge in [-0.25, -0.2) is 9.78 Å². The molecule has 0 amide bonds. The minimum Gasteiger partial charge on any atom is -0.477 e. The summed E-state index contributed by atoms with van der Waals surface area (Å²) in [6.45, 7) is 1.89. The lowest BCUT2D eigenvalue weighted by molar-refractivity contribution is -0.384. The number of rotatable bonds is 7. The van der Waals surface area contributed by atoms with Gasteiger partial charge in [0.05, 0.1) is 9.95 Å². The first-order valence-electron chi connectivity index (χ1n) is 8.06. The van der Waals surface area contributed by atoms with E-state index in [-0.39, 0.29) is 37.3 Å². The van der Waals surface area contributed by atoms with Crippen molar-refractivity contribution in [1.29, 1.82) is 0 Å². The third-order valence-electron chi connectivity index (χ3n) is 3.66. The van der Waals surface area contributed by atoms with Gasteiger partial charge in [-0.15, -0.1) is 5.10 Å². The van der Waals surface area contributed by atoms with Crippen LogP contribution in [0.4, 0.5) is 5.69 Å². The summed E-state index contributed by atoms with van der Waals surface area (Å²) >= 11 is 12.9. The summed E-state index contributed by atoms with van der Waals surface area (Å²) in [5, 5.41) is 27.3. The van der Waals surface area contributed by atoms with Crippen molar-refractivity contribution in [2.75, 3.05) is 0 Å². The predicted molar refractivity (Wildman–Crippen MR) is 108 cm³/mol. The van der Waals surface area contributed by atoms with Crippen LogP contribution in [0.2, 0.25) is 10.0 Å². The predicted octanol–water partition coefficient (Wildman–Crippen LogP) is 5.06. The van der Waals surface area contributed by atoms with Crippen molar-refractivity contribution in [1.82, 2.24) is 15.2 Å². The molecule has 1 aromatic carbocycles. The fraction of sp³-hybridized carbons (Fsp3) is 0.118. The lowest BCUT2D eigenvalue weighted by Crippen LogP contribution is -1.97. The summed E-state index contributed by atoms with van der Waals surface area (Å²) in [6, 6.07) is 5.55. The first kappa shape index (κ1) is 20.9. The number of aromatic amines is 1. The van der Waals surface area contributed by atoms with Crippen LogP contribution in [0.3, 0.4) is 0 Å². The first-order valence-corrected chi connectivity index (χ1v) is 9.63. The summed E-state index contributed by atoms with van der Waals surface area (Å²) < 4.78 is 5.64. The van der Waals surface area contributed by atoms with Crippen molar-refractivity contribution >= 4 is 52.7 Å². The minimum absolute atomic E-state index is 0.0552. The fourth-order valence-electron chi connectivity index (χ4n) is 2.28. The van der Waals surface area contributed by atoms with Crippen LogP contribution in [-0.2, 0) is 11.2 Å². The summed E-state index contributed by atoms with van der Waals surface area (Å²) in [7, 11) is 0. The zero-order valence-corrected chi connectivity index (χ0v) is 17.0. The van der Waals surface area contributed by atoms with Crippen LogP contribution >= 0.6 is 35.0 Å². The zero-order valence-electron chi connectivity index (χ0n) is 14.7. The first-order chi connectivity index (χ1) is 13.8. The maximum absolute atomic E-state index is 11.6. The Morgan fingerprint density at radius 1 is 1.38 bits per heavy atom. The molecule has 0 bridgehead atoms. The minimum atomic E-state index is -1.17. The van der Waals surface area contributed by atoms with Crippen LogP contribution in [0.5, 0.6) is 0 Å². The number of H-pyrrole nitrogens is 1. The van der Waals surface area contributed by atoms with E-state index < -0.39 is 10.9 Å². The number of benzene rings is 1. The number of nitro groups is 1. The van der Waals surface area contributed by atoms with Gasteiger partial charge in [0, 0.05) is 24.1 Å². The molecule has 2 N–H and O–H groups in total. The Kier molecular flexibility index (Phi) is 6.26. The molecule has 0 aliphatic rings. The van der Waals surface area contributed by atoms with Crippen molar-refractivity contribution in [3.8, 4) is 11.3 Å². The monoisotopic (exact) mass is 454 g/mol. The Hall–Kier alpha value is -2.82. The van der Waals surface area contributed by atoms with Gasteiger partial charge in [-0.2, -0.15) is 0 Å². The summed E-state index contributed by atoms with van der Waals surface area (Å²) in [5.41, 5.74) is 0.0163. The van der Waals surface area contributed by atoms with Gasteiger partial charge in [0.1, 0.15) is 27.3 Å². The number of carboxylic acids is 1. The van der Waals surface area contributed by atoms with Crippen LogP contribution in [-0.4, -0.2) is 31.2 Å². The van der Waals surface area contributed by atoms with Gasteiger partial charge >= 0.3 is 5.97 Å². The third-order valence-corrected chi connectivity index (χ3v) is 5.15. The highest BCUT2D eigenvalue weighted by molar-refractivity contribution is 8.04. The van der Waals surface area contributed by atoms with Gasteiger partial charge < -0.3 is 9.52 Å². The normalized spacial score (nSPS) is 11.6. The molecule has 0 aliphatic heterocycles. The van der Waals surface area contributed by atoms with Gasteiger partial charge in [0.15, 0.2) is 0 Å². The Morgan fingerprint density at radius 3 is 2.76 bits per heavy atom. The SMILES string of the molecule is CCc1nc(S/C(=C\c2ccc(-c3cc(Cl)c([N+](=O)[O-])cc3Cl)o2)C(=O)O)n[nH]1. The molecule has 2 aromatic heterocycles. The molecular formula is C17H12Cl2N4O5S. The Balaban J connectivity index is 1.90. The van der Waals surface area contributed by atoms with E-state index in [0.29, 0.717) is 17.8 Å². The van der Waals surface area contributed by atoms with Crippen LogP contribution in [0.15, 0.2) is 38.7 Å². The number of thioether (sulfide) groups is 1. The highest BCUT2D eigenvalue weighted by Gasteiger charge is 2.19. The van der Waals surface area contributed by atoms with Crippen molar-refractivity contribution in [3.05, 3.63) is 60.9 Å². The van der Waals surface area contributed by atoms with E-state index in [2.05, 4.69) is 15.2 Å². The number of aliphatic carboxylic acids is 1. The lowest BCUT2D eigenvalue weighted by Gasteiger charge is -2.03. The summed E-state index contributed by atoms with van der Waals surface area (Å²) in [5.74, 6) is -0.0185. The number of hydrogen-bond acceptors (Lipinski definition) is 7. The van der Waals surface area contributed by atoms with Crippen molar-refractivity contribution in [2.24, 2.45) is 0 Å². The van der Waals surface area contributed by atoms with Gasteiger partial charge in [-0.05, 0) is 30.0 Å². The molecule has 3 rings (SSSR count). The third kappa shape index (κ3) is 4.78. The molecule has 0 spiro atoms. The number of nitrogens with one attached hydrogen (secondary N) is 1. The summed E-state index contributed by atoms with van der Waals surface area (Å²) in [4.78, 5) is 26.0. The Morgan fingerprint density at radius 2 is 2.14 bits per heavy atom. The van der Waals surface area contributed by atoms with Gasteiger partial charge in [-0.3, -0.25) is 15.2 Å². The Bertz CT molecular complexity index is 1120. The van der Waals surface area contributed by atoms with Crippen molar-refractivity contribution in [3.63, 3.8) is 0 Å². The topological polar surface area (TPSA) is 135 Å². The molecule has 150 valence electrons. The second-order valence-electron chi connectivity index (χ2n) is 5.58. The number of furan rings is 1. The molecule has 0 unspecified atom stereocenters. The molecule has 0 saturated carbocycles. The number of nitrogens with zero attached hydrogens (tertiary/aromatic N) is 3. The highest BCUT2D eigenvalue weighted by Crippen LogP contribution is 2.37.